The van der Waals surface area contributed by atoms with Gasteiger partial charge in [0, 0.05) is 43.5 Å². The number of anilines is 1. The second kappa shape index (κ2) is 8.88. The van der Waals surface area contributed by atoms with Gasteiger partial charge in [-0.1, -0.05) is 6.92 Å². The van der Waals surface area contributed by atoms with E-state index in [4.69, 9.17) is 9.47 Å². The molecule has 150 valence electrons. The van der Waals surface area contributed by atoms with Crippen LogP contribution in [0.15, 0.2) is 30.6 Å². The zero-order valence-electron chi connectivity index (χ0n) is 16.5. The van der Waals surface area contributed by atoms with Crippen LogP contribution in [0.1, 0.15) is 24.2 Å². The molecule has 8 heteroatoms. The number of aryl methyl sites for hydroxylation is 1. The largest absolute Gasteiger partial charge is 0.497 e. The highest BCUT2D eigenvalue weighted by atomic mass is 16.5. The highest BCUT2D eigenvalue weighted by molar-refractivity contribution is 5.77. The summed E-state index contributed by atoms with van der Waals surface area (Å²) in [5.41, 5.74) is 1.59. The van der Waals surface area contributed by atoms with Crippen molar-refractivity contribution >= 4 is 11.8 Å². The fourth-order valence-corrected chi connectivity index (χ4v) is 3.50. The lowest BCUT2D eigenvalue weighted by Gasteiger charge is -2.38. The van der Waals surface area contributed by atoms with Crippen molar-refractivity contribution in [2.24, 2.45) is 0 Å². The van der Waals surface area contributed by atoms with Crippen LogP contribution in [0.25, 0.3) is 0 Å². The van der Waals surface area contributed by atoms with Gasteiger partial charge in [0.1, 0.15) is 29.7 Å². The van der Waals surface area contributed by atoms with Gasteiger partial charge < -0.3 is 19.5 Å². The van der Waals surface area contributed by atoms with E-state index >= 15 is 0 Å². The summed E-state index contributed by atoms with van der Waals surface area (Å²) in [7, 11) is 3.11. The molecule has 0 spiro atoms. The van der Waals surface area contributed by atoms with Crippen LogP contribution in [0.2, 0.25) is 0 Å². The first-order chi connectivity index (χ1) is 13.6. The zero-order valence-corrected chi connectivity index (χ0v) is 16.5. The van der Waals surface area contributed by atoms with Crippen LogP contribution in [0, 0.1) is 0 Å². The van der Waals surface area contributed by atoms with Gasteiger partial charge in [-0.2, -0.15) is 0 Å². The molecule has 1 N–H and O–H groups in total. The molecule has 1 saturated heterocycles. The standard InChI is InChI=1S/C20H26N4O4/c1-4-14-11-18(22-13-21-14)23-7-9-24(10-8-23)19(20(25)26)16-12-15(27-2)5-6-17(16)28-3/h5-6,11-13,19H,4,7-10H2,1-3H3,(H,25,26). The number of piperazine rings is 1. The number of rotatable bonds is 7. The minimum atomic E-state index is -0.907. The smallest absolute Gasteiger partial charge is 0.325 e. The predicted molar refractivity (Wildman–Crippen MR) is 105 cm³/mol. The molecule has 1 aromatic heterocycles. The highest BCUT2D eigenvalue weighted by Crippen LogP contribution is 2.33. The summed E-state index contributed by atoms with van der Waals surface area (Å²) >= 11 is 0. The summed E-state index contributed by atoms with van der Waals surface area (Å²) in [4.78, 5) is 24.9. The summed E-state index contributed by atoms with van der Waals surface area (Å²) in [5, 5.41) is 9.94. The van der Waals surface area contributed by atoms with E-state index in [1.165, 1.54) is 0 Å². The summed E-state index contributed by atoms with van der Waals surface area (Å²) < 4.78 is 10.7. The first-order valence-electron chi connectivity index (χ1n) is 9.32. The molecule has 1 unspecified atom stereocenters. The Morgan fingerprint density at radius 1 is 1.14 bits per heavy atom. The summed E-state index contributed by atoms with van der Waals surface area (Å²) in [6.07, 6.45) is 2.44. The number of carbonyl (C=O) groups is 1. The second-order valence-corrected chi connectivity index (χ2v) is 6.59. The Kier molecular flexibility index (Phi) is 6.30. The third kappa shape index (κ3) is 4.17. The Balaban J connectivity index is 1.79. The van der Waals surface area contributed by atoms with Gasteiger partial charge in [0.05, 0.1) is 14.2 Å². The van der Waals surface area contributed by atoms with Crippen LogP contribution in [-0.2, 0) is 11.2 Å². The molecule has 0 amide bonds. The molecular weight excluding hydrogens is 360 g/mol. The van der Waals surface area contributed by atoms with Gasteiger partial charge in [-0.15, -0.1) is 0 Å². The Bertz CT molecular complexity index is 822. The van der Waals surface area contributed by atoms with Crippen molar-refractivity contribution in [1.29, 1.82) is 0 Å². The lowest BCUT2D eigenvalue weighted by atomic mass is 10.0. The average molecular weight is 386 g/mol. The average Bonchev–Trinajstić information content (AvgIpc) is 2.74. The topological polar surface area (TPSA) is 88.0 Å². The predicted octanol–water partition coefficient (Wildman–Crippen LogP) is 2.00. The van der Waals surface area contributed by atoms with Gasteiger partial charge in [-0.05, 0) is 24.6 Å². The van der Waals surface area contributed by atoms with E-state index in [9.17, 15) is 9.90 Å². The monoisotopic (exact) mass is 386 g/mol. The van der Waals surface area contributed by atoms with E-state index in [-0.39, 0.29) is 0 Å². The SMILES string of the molecule is CCc1cc(N2CCN(C(C(=O)O)c3cc(OC)ccc3OC)CC2)ncn1. The number of carboxylic acid groups (broad SMARTS) is 1. The number of methoxy groups -OCH3 is 2. The molecule has 0 aliphatic carbocycles. The van der Waals surface area contributed by atoms with Crippen LogP contribution in [0.5, 0.6) is 11.5 Å². The highest BCUT2D eigenvalue weighted by Gasteiger charge is 2.33. The molecule has 2 heterocycles. The first-order valence-corrected chi connectivity index (χ1v) is 9.32. The lowest BCUT2D eigenvalue weighted by Crippen LogP contribution is -2.49. The van der Waals surface area contributed by atoms with E-state index in [1.807, 2.05) is 11.0 Å². The van der Waals surface area contributed by atoms with Gasteiger partial charge in [-0.3, -0.25) is 9.69 Å². The minimum Gasteiger partial charge on any atom is -0.497 e. The number of carboxylic acids is 1. The van der Waals surface area contributed by atoms with Gasteiger partial charge in [0.2, 0.25) is 0 Å². The number of benzene rings is 1. The van der Waals surface area contributed by atoms with Crippen LogP contribution in [-0.4, -0.2) is 66.3 Å². The van der Waals surface area contributed by atoms with Crippen LogP contribution >= 0.6 is 0 Å². The van der Waals surface area contributed by atoms with Crippen molar-refractivity contribution < 1.29 is 19.4 Å². The van der Waals surface area contributed by atoms with Crippen molar-refractivity contribution in [2.75, 3.05) is 45.3 Å². The van der Waals surface area contributed by atoms with E-state index in [0.717, 1.165) is 17.9 Å². The zero-order chi connectivity index (χ0) is 20.1. The quantitative estimate of drug-likeness (QED) is 0.773. The number of aromatic nitrogens is 2. The molecule has 1 aliphatic heterocycles. The Labute approximate surface area is 164 Å². The summed E-state index contributed by atoms with van der Waals surface area (Å²) in [6, 6.07) is 6.44. The second-order valence-electron chi connectivity index (χ2n) is 6.59. The molecule has 1 atom stereocenters. The molecule has 3 rings (SSSR count). The summed E-state index contributed by atoms with van der Waals surface area (Å²) in [5.74, 6) is 1.13. The van der Waals surface area contributed by atoms with Crippen molar-refractivity contribution in [2.45, 2.75) is 19.4 Å². The van der Waals surface area contributed by atoms with E-state index in [1.54, 1.807) is 38.7 Å². The molecule has 0 radical (unpaired) electrons. The molecule has 1 fully saturated rings. The fourth-order valence-electron chi connectivity index (χ4n) is 3.50. The Morgan fingerprint density at radius 2 is 1.89 bits per heavy atom. The van der Waals surface area contributed by atoms with Crippen molar-refractivity contribution in [3.63, 3.8) is 0 Å². The molecule has 0 saturated carbocycles. The van der Waals surface area contributed by atoms with Gasteiger partial charge in [0.25, 0.3) is 0 Å². The number of hydrogen-bond acceptors (Lipinski definition) is 7. The maximum Gasteiger partial charge on any atom is 0.325 e. The maximum absolute atomic E-state index is 12.1. The Hall–Kier alpha value is -2.87. The number of hydrogen-bond donors (Lipinski definition) is 1. The van der Waals surface area contributed by atoms with E-state index in [0.29, 0.717) is 43.2 Å². The molecule has 0 bridgehead atoms. The third-order valence-corrected chi connectivity index (χ3v) is 5.04. The molecule has 8 nitrogen and oxygen atoms in total. The maximum atomic E-state index is 12.1. The molecule has 2 aromatic rings. The van der Waals surface area contributed by atoms with Gasteiger partial charge >= 0.3 is 5.97 Å². The van der Waals surface area contributed by atoms with Gasteiger partial charge in [-0.25, -0.2) is 9.97 Å². The number of aliphatic carboxylic acids is 1. The fraction of sp³-hybridized carbons (Fsp3) is 0.450. The van der Waals surface area contributed by atoms with Crippen molar-refractivity contribution in [3.8, 4) is 11.5 Å². The molecule has 1 aliphatic rings. The van der Waals surface area contributed by atoms with E-state index < -0.39 is 12.0 Å². The Morgan fingerprint density at radius 3 is 2.50 bits per heavy atom. The number of nitrogens with zero attached hydrogens (tertiary/aromatic N) is 4. The van der Waals surface area contributed by atoms with Crippen LogP contribution in [0.3, 0.4) is 0 Å². The van der Waals surface area contributed by atoms with E-state index in [2.05, 4.69) is 21.8 Å². The van der Waals surface area contributed by atoms with Crippen molar-refractivity contribution in [3.05, 3.63) is 41.9 Å². The van der Waals surface area contributed by atoms with Gasteiger partial charge in [0.15, 0.2) is 0 Å². The number of ether oxygens (including phenoxy) is 2. The first kappa shape index (κ1) is 19.9. The molecular formula is C20H26N4O4. The normalized spacial score (nSPS) is 15.9. The van der Waals surface area contributed by atoms with Crippen LogP contribution in [0.4, 0.5) is 5.82 Å². The molecule has 28 heavy (non-hydrogen) atoms. The minimum absolute atomic E-state index is 0.541. The molecule has 1 aromatic carbocycles. The van der Waals surface area contributed by atoms with Crippen molar-refractivity contribution in [1.82, 2.24) is 14.9 Å². The third-order valence-electron chi connectivity index (χ3n) is 5.04. The lowest BCUT2D eigenvalue weighted by molar-refractivity contribution is -0.143. The van der Waals surface area contributed by atoms with Crippen LogP contribution < -0.4 is 14.4 Å². The summed E-state index contributed by atoms with van der Waals surface area (Å²) in [6.45, 7) is 4.64.